The highest BCUT2D eigenvalue weighted by molar-refractivity contribution is 6.32. The van der Waals surface area contributed by atoms with E-state index in [1.807, 2.05) is 50.8 Å². The molecule has 0 aliphatic carbocycles. The van der Waals surface area contributed by atoms with Crippen LogP contribution in [0, 0.1) is 12.3 Å². The number of anilines is 1. The molecule has 2 fully saturated rings. The van der Waals surface area contributed by atoms with Crippen LogP contribution in [-0.2, 0) is 4.74 Å². The first-order valence-electron chi connectivity index (χ1n) is 10.6. The molecule has 31 heavy (non-hydrogen) atoms. The highest BCUT2D eigenvalue weighted by Gasteiger charge is 2.46. The van der Waals surface area contributed by atoms with Gasteiger partial charge in [-0.1, -0.05) is 23.7 Å². The van der Waals surface area contributed by atoms with Crippen LogP contribution in [0.4, 0.5) is 10.6 Å². The summed E-state index contributed by atoms with van der Waals surface area (Å²) in [6.07, 6.45) is 4.91. The molecule has 0 bridgehead atoms. The molecule has 2 saturated heterocycles. The van der Waals surface area contributed by atoms with Gasteiger partial charge in [0, 0.05) is 31.6 Å². The van der Waals surface area contributed by atoms with E-state index in [1.165, 1.54) is 6.33 Å². The van der Waals surface area contributed by atoms with Crippen LogP contribution in [0.3, 0.4) is 0 Å². The zero-order valence-corrected chi connectivity index (χ0v) is 19.3. The molecule has 2 aliphatic rings. The molecule has 1 atom stereocenters. The Morgan fingerprint density at radius 3 is 2.71 bits per heavy atom. The van der Waals surface area contributed by atoms with Gasteiger partial charge in [0.2, 0.25) is 0 Å². The molecule has 7 nitrogen and oxygen atoms in total. The van der Waals surface area contributed by atoms with Crippen molar-refractivity contribution < 1.29 is 14.3 Å². The molecule has 0 radical (unpaired) electrons. The summed E-state index contributed by atoms with van der Waals surface area (Å²) < 4.78 is 11.7. The second-order valence-electron chi connectivity index (χ2n) is 9.52. The van der Waals surface area contributed by atoms with Crippen molar-refractivity contribution in [3.63, 3.8) is 0 Å². The molecule has 1 aromatic heterocycles. The van der Waals surface area contributed by atoms with E-state index in [9.17, 15) is 4.79 Å². The quantitative estimate of drug-likeness (QED) is 0.658. The SMILES string of the molecule is Cc1cccc(Oc2cncnc2N2CCC3(CCN(C(=O)OC(C)(C)C)C3)C2)c1Cl. The van der Waals surface area contributed by atoms with E-state index in [1.54, 1.807) is 6.20 Å². The average molecular weight is 445 g/mol. The minimum Gasteiger partial charge on any atom is -0.450 e. The number of benzene rings is 1. The maximum Gasteiger partial charge on any atom is 0.410 e. The van der Waals surface area contributed by atoms with Gasteiger partial charge in [0.25, 0.3) is 0 Å². The first-order chi connectivity index (χ1) is 14.7. The van der Waals surface area contributed by atoms with E-state index in [4.69, 9.17) is 21.1 Å². The molecule has 166 valence electrons. The minimum absolute atomic E-state index is 0.0418. The molecule has 8 heteroatoms. The molecule has 3 heterocycles. The van der Waals surface area contributed by atoms with Crippen molar-refractivity contribution in [1.82, 2.24) is 14.9 Å². The zero-order chi connectivity index (χ0) is 22.2. The largest absolute Gasteiger partial charge is 0.450 e. The number of carbonyl (C=O) groups is 1. The van der Waals surface area contributed by atoms with Crippen LogP contribution in [0.2, 0.25) is 5.02 Å². The maximum absolute atomic E-state index is 12.5. The van der Waals surface area contributed by atoms with Gasteiger partial charge < -0.3 is 19.3 Å². The van der Waals surface area contributed by atoms with Gasteiger partial charge in [-0.05, 0) is 52.2 Å². The number of ether oxygens (including phenoxy) is 2. The van der Waals surface area contributed by atoms with Crippen LogP contribution in [-0.4, -0.2) is 52.7 Å². The van der Waals surface area contributed by atoms with E-state index in [2.05, 4.69) is 14.9 Å². The molecule has 0 saturated carbocycles. The number of likely N-dealkylation sites (tertiary alicyclic amines) is 1. The monoisotopic (exact) mass is 444 g/mol. The van der Waals surface area contributed by atoms with Crippen LogP contribution in [0.25, 0.3) is 0 Å². The lowest BCUT2D eigenvalue weighted by molar-refractivity contribution is 0.0276. The number of carbonyl (C=O) groups excluding carboxylic acids is 1. The molecule has 4 rings (SSSR count). The first-order valence-corrected chi connectivity index (χ1v) is 11.0. The third-order valence-electron chi connectivity index (χ3n) is 5.86. The van der Waals surface area contributed by atoms with Gasteiger partial charge in [0.05, 0.1) is 11.2 Å². The third-order valence-corrected chi connectivity index (χ3v) is 6.35. The summed E-state index contributed by atoms with van der Waals surface area (Å²) in [6.45, 7) is 10.7. The molecule has 2 aliphatic heterocycles. The fraction of sp³-hybridized carbons (Fsp3) is 0.522. The van der Waals surface area contributed by atoms with Gasteiger partial charge in [0.15, 0.2) is 11.6 Å². The Balaban J connectivity index is 1.48. The van der Waals surface area contributed by atoms with E-state index >= 15 is 0 Å². The van der Waals surface area contributed by atoms with Gasteiger partial charge in [-0.15, -0.1) is 0 Å². The Labute approximate surface area is 188 Å². The van der Waals surface area contributed by atoms with Crippen molar-refractivity contribution in [3.8, 4) is 11.5 Å². The van der Waals surface area contributed by atoms with Crippen LogP contribution in [0.1, 0.15) is 39.2 Å². The second kappa shape index (κ2) is 8.19. The number of hydrogen-bond acceptors (Lipinski definition) is 6. The van der Waals surface area contributed by atoms with Gasteiger partial charge in [-0.25, -0.2) is 14.8 Å². The van der Waals surface area contributed by atoms with Crippen LogP contribution < -0.4 is 9.64 Å². The van der Waals surface area contributed by atoms with Gasteiger partial charge in [0.1, 0.15) is 17.7 Å². The van der Waals surface area contributed by atoms with E-state index in [0.717, 1.165) is 43.9 Å². The predicted octanol–water partition coefficient (Wildman–Crippen LogP) is 5.07. The van der Waals surface area contributed by atoms with E-state index in [-0.39, 0.29) is 11.5 Å². The second-order valence-corrected chi connectivity index (χ2v) is 9.90. The Kier molecular flexibility index (Phi) is 5.73. The molecule has 2 aromatic rings. The average Bonchev–Trinajstić information content (AvgIpc) is 3.32. The molecule has 1 spiro atoms. The number of hydrogen-bond donors (Lipinski definition) is 0. The summed E-state index contributed by atoms with van der Waals surface area (Å²) in [4.78, 5) is 25.2. The fourth-order valence-corrected chi connectivity index (χ4v) is 4.47. The first kappa shape index (κ1) is 21.7. The van der Waals surface area contributed by atoms with Crippen LogP contribution in [0.5, 0.6) is 11.5 Å². The van der Waals surface area contributed by atoms with Crippen molar-refractivity contribution in [3.05, 3.63) is 41.3 Å². The number of rotatable bonds is 3. The molecule has 1 aromatic carbocycles. The standard InChI is InChI=1S/C23H29ClN4O3/c1-16-6-5-7-17(19(16)24)30-18-12-25-15-26-20(18)27-10-8-23(13-27)9-11-28(14-23)21(29)31-22(2,3)4/h5-7,12,15H,8-11,13-14H2,1-4H3. The summed E-state index contributed by atoms with van der Waals surface area (Å²) in [7, 11) is 0. The van der Waals surface area contributed by atoms with Gasteiger partial charge in [-0.3, -0.25) is 0 Å². The number of amides is 1. The topological polar surface area (TPSA) is 67.8 Å². The number of aromatic nitrogens is 2. The maximum atomic E-state index is 12.5. The summed E-state index contributed by atoms with van der Waals surface area (Å²) in [5.41, 5.74) is 0.504. The zero-order valence-electron chi connectivity index (χ0n) is 18.5. The van der Waals surface area contributed by atoms with Gasteiger partial charge in [-0.2, -0.15) is 0 Å². The van der Waals surface area contributed by atoms with E-state index in [0.29, 0.717) is 23.1 Å². The Bertz CT molecular complexity index is 978. The lowest BCUT2D eigenvalue weighted by Crippen LogP contribution is -2.37. The normalized spacial score (nSPS) is 21.1. The van der Waals surface area contributed by atoms with Crippen molar-refractivity contribution in [1.29, 1.82) is 0 Å². The van der Waals surface area contributed by atoms with Crippen molar-refractivity contribution >= 4 is 23.5 Å². The highest BCUT2D eigenvalue weighted by Crippen LogP contribution is 2.43. The third kappa shape index (κ3) is 4.71. The highest BCUT2D eigenvalue weighted by atomic mass is 35.5. The number of nitrogens with zero attached hydrogens (tertiary/aromatic N) is 4. The predicted molar refractivity (Wildman–Crippen MR) is 120 cm³/mol. The van der Waals surface area contributed by atoms with Crippen molar-refractivity contribution in [2.75, 3.05) is 31.1 Å². The summed E-state index contributed by atoms with van der Waals surface area (Å²) in [5, 5.41) is 0.582. The fourth-order valence-electron chi connectivity index (χ4n) is 4.30. The lowest BCUT2D eigenvalue weighted by atomic mass is 9.86. The molecule has 1 amide bonds. The molecule has 1 unspecified atom stereocenters. The van der Waals surface area contributed by atoms with Crippen molar-refractivity contribution in [2.24, 2.45) is 5.41 Å². The molecular weight excluding hydrogens is 416 g/mol. The minimum atomic E-state index is -0.487. The summed E-state index contributed by atoms with van der Waals surface area (Å²) >= 11 is 6.42. The lowest BCUT2D eigenvalue weighted by Gasteiger charge is -2.27. The van der Waals surface area contributed by atoms with Crippen LogP contribution >= 0.6 is 11.6 Å². The van der Waals surface area contributed by atoms with E-state index < -0.39 is 5.60 Å². The van der Waals surface area contributed by atoms with Gasteiger partial charge >= 0.3 is 6.09 Å². The summed E-state index contributed by atoms with van der Waals surface area (Å²) in [5.74, 6) is 1.91. The molecular formula is C23H29ClN4O3. The number of aryl methyl sites for hydroxylation is 1. The smallest absolute Gasteiger partial charge is 0.410 e. The number of halogens is 1. The Hall–Kier alpha value is -2.54. The Morgan fingerprint density at radius 2 is 1.94 bits per heavy atom. The van der Waals surface area contributed by atoms with Crippen molar-refractivity contribution in [2.45, 2.75) is 46.1 Å². The molecule has 0 N–H and O–H groups in total. The van der Waals surface area contributed by atoms with Crippen LogP contribution in [0.15, 0.2) is 30.7 Å². The summed E-state index contributed by atoms with van der Waals surface area (Å²) in [6, 6.07) is 5.69. The Morgan fingerprint density at radius 1 is 1.16 bits per heavy atom.